The molecule has 0 radical (unpaired) electrons. The van der Waals surface area contributed by atoms with Crippen LogP contribution in [0.2, 0.25) is 0 Å². The molecule has 0 aliphatic rings. The van der Waals surface area contributed by atoms with Crippen LogP contribution in [-0.4, -0.2) is 36.1 Å². The molecule has 0 aliphatic heterocycles. The molecule has 0 heterocycles. The third-order valence-electron chi connectivity index (χ3n) is 2.74. The Morgan fingerprint density at radius 3 is 2.62 bits per heavy atom. The van der Waals surface area contributed by atoms with Crippen LogP contribution in [0.15, 0.2) is 30.3 Å². The molecule has 7 heteroatoms. The zero-order chi connectivity index (χ0) is 15.7. The maximum Gasteiger partial charge on any atom is 0.407 e. The van der Waals surface area contributed by atoms with Crippen LogP contribution >= 0.6 is 0 Å². The molecule has 0 spiro atoms. The van der Waals surface area contributed by atoms with Gasteiger partial charge >= 0.3 is 6.09 Å². The molecule has 1 aromatic carbocycles. The van der Waals surface area contributed by atoms with Gasteiger partial charge in [0.05, 0.1) is 0 Å². The van der Waals surface area contributed by atoms with Gasteiger partial charge in [0.2, 0.25) is 0 Å². The van der Waals surface area contributed by atoms with Gasteiger partial charge in [-0.15, -0.1) is 0 Å². The zero-order valence-electron chi connectivity index (χ0n) is 12.1. The molecule has 0 saturated heterocycles. The van der Waals surface area contributed by atoms with E-state index in [4.69, 9.17) is 16.3 Å². The first-order valence-corrected chi connectivity index (χ1v) is 6.80. The van der Waals surface area contributed by atoms with Crippen molar-refractivity contribution >= 4 is 12.0 Å². The summed E-state index contributed by atoms with van der Waals surface area (Å²) in [6.07, 6.45) is 0.114. The Balaban J connectivity index is 2.27. The van der Waals surface area contributed by atoms with E-state index < -0.39 is 18.0 Å². The molecule has 116 valence electrons. The zero-order valence-corrected chi connectivity index (χ0v) is 12.1. The van der Waals surface area contributed by atoms with Crippen LogP contribution in [0.1, 0.15) is 18.9 Å². The van der Waals surface area contributed by atoms with Crippen molar-refractivity contribution in [1.82, 2.24) is 10.3 Å². The normalized spacial score (nSPS) is 11.6. The van der Waals surface area contributed by atoms with Gasteiger partial charge in [-0.25, -0.2) is 10.6 Å². The number of nitrogens with two attached hydrogens (primary N) is 2. The van der Waals surface area contributed by atoms with Gasteiger partial charge in [0.25, 0.3) is 5.91 Å². The van der Waals surface area contributed by atoms with Crippen molar-refractivity contribution in [1.29, 1.82) is 0 Å². The van der Waals surface area contributed by atoms with E-state index in [1.54, 1.807) is 0 Å². The van der Waals surface area contributed by atoms with Gasteiger partial charge in [-0.1, -0.05) is 37.3 Å². The molecule has 21 heavy (non-hydrogen) atoms. The van der Waals surface area contributed by atoms with Crippen LogP contribution in [-0.2, 0) is 16.1 Å². The van der Waals surface area contributed by atoms with Gasteiger partial charge in [0.15, 0.2) is 0 Å². The Kier molecular flexibility index (Phi) is 7.20. The fourth-order valence-corrected chi connectivity index (χ4v) is 1.62. The molecule has 0 fully saturated rings. The summed E-state index contributed by atoms with van der Waals surface area (Å²) >= 11 is 0. The van der Waals surface area contributed by atoms with Crippen molar-refractivity contribution in [3.8, 4) is 0 Å². The summed E-state index contributed by atoms with van der Waals surface area (Å²) in [7, 11) is 0. The lowest BCUT2D eigenvalue weighted by atomic mass is 10.2. The van der Waals surface area contributed by atoms with Crippen molar-refractivity contribution in [2.45, 2.75) is 26.0 Å². The number of amides is 2. The maximum absolute atomic E-state index is 11.7. The van der Waals surface area contributed by atoms with E-state index >= 15 is 0 Å². The molecule has 1 unspecified atom stereocenters. The predicted molar refractivity (Wildman–Crippen MR) is 78.8 cm³/mol. The summed E-state index contributed by atoms with van der Waals surface area (Å²) in [5.41, 5.74) is 6.54. The highest BCUT2D eigenvalue weighted by molar-refractivity contribution is 5.82. The van der Waals surface area contributed by atoms with Gasteiger partial charge in [0.1, 0.15) is 12.6 Å². The summed E-state index contributed by atoms with van der Waals surface area (Å²) in [6, 6.07) is 8.40. The fourth-order valence-electron chi connectivity index (χ4n) is 1.62. The van der Waals surface area contributed by atoms with Crippen LogP contribution in [0.4, 0.5) is 4.79 Å². The average molecular weight is 294 g/mol. The molecule has 1 rings (SSSR count). The second-order valence-corrected chi connectivity index (χ2v) is 4.58. The van der Waals surface area contributed by atoms with E-state index in [0.29, 0.717) is 6.54 Å². The van der Waals surface area contributed by atoms with E-state index in [-0.39, 0.29) is 13.2 Å². The van der Waals surface area contributed by atoms with Crippen molar-refractivity contribution in [2.75, 3.05) is 13.1 Å². The van der Waals surface area contributed by atoms with E-state index in [1.807, 2.05) is 37.3 Å². The molecule has 5 N–H and O–H groups in total. The number of hydrazine groups is 1. The first-order chi connectivity index (χ1) is 10.0. The second-order valence-electron chi connectivity index (χ2n) is 4.58. The number of carbonyl (C=O) groups is 2. The summed E-state index contributed by atoms with van der Waals surface area (Å²) in [4.78, 5) is 23.2. The second kappa shape index (κ2) is 8.93. The molecule has 0 bridgehead atoms. The van der Waals surface area contributed by atoms with Crippen LogP contribution in [0, 0.1) is 0 Å². The summed E-state index contributed by atoms with van der Waals surface area (Å²) in [5.74, 6) is 5.11. The molecular weight excluding hydrogens is 272 g/mol. The Bertz CT molecular complexity index is 453. The quantitative estimate of drug-likeness (QED) is 0.382. The number of alkyl carbamates (subject to hydrolysis) is 1. The highest BCUT2D eigenvalue weighted by atomic mass is 16.5. The first-order valence-electron chi connectivity index (χ1n) is 6.80. The van der Waals surface area contributed by atoms with Crippen molar-refractivity contribution < 1.29 is 14.3 Å². The van der Waals surface area contributed by atoms with E-state index in [0.717, 1.165) is 17.0 Å². The van der Waals surface area contributed by atoms with Gasteiger partial charge in [-0.3, -0.25) is 9.80 Å². The minimum Gasteiger partial charge on any atom is -0.445 e. The number of hydrogen-bond donors (Lipinski definition) is 3. The molecular formula is C14H22N4O3. The number of carbonyl (C=O) groups excluding carboxylic acids is 2. The summed E-state index contributed by atoms with van der Waals surface area (Å²) in [5, 5.41) is 3.50. The van der Waals surface area contributed by atoms with Gasteiger partial charge < -0.3 is 15.8 Å². The van der Waals surface area contributed by atoms with Crippen molar-refractivity contribution in [3.05, 3.63) is 35.9 Å². The lowest BCUT2D eigenvalue weighted by molar-refractivity contribution is -0.132. The Labute approximate surface area is 124 Å². The van der Waals surface area contributed by atoms with Crippen LogP contribution in [0.3, 0.4) is 0 Å². The van der Waals surface area contributed by atoms with Crippen LogP contribution in [0.5, 0.6) is 0 Å². The molecule has 0 aliphatic carbocycles. The number of hydrogen-bond acceptors (Lipinski definition) is 5. The third kappa shape index (κ3) is 6.24. The van der Waals surface area contributed by atoms with Crippen molar-refractivity contribution in [2.24, 2.45) is 11.6 Å². The van der Waals surface area contributed by atoms with E-state index in [1.165, 1.54) is 0 Å². The summed E-state index contributed by atoms with van der Waals surface area (Å²) in [6.45, 7) is 2.46. The van der Waals surface area contributed by atoms with Crippen LogP contribution < -0.4 is 16.9 Å². The smallest absolute Gasteiger partial charge is 0.407 e. The topological polar surface area (TPSA) is 111 Å². The maximum atomic E-state index is 11.7. The number of rotatable bonds is 7. The van der Waals surface area contributed by atoms with Crippen molar-refractivity contribution in [3.63, 3.8) is 0 Å². The van der Waals surface area contributed by atoms with Gasteiger partial charge in [-0.05, 0) is 12.0 Å². The number of nitrogens with one attached hydrogen (secondary N) is 1. The van der Waals surface area contributed by atoms with E-state index in [9.17, 15) is 9.59 Å². The average Bonchev–Trinajstić information content (AvgIpc) is 2.51. The Hall–Kier alpha value is -2.12. The molecule has 2 amide bonds. The minimum atomic E-state index is -0.883. The molecule has 7 nitrogen and oxygen atoms in total. The highest BCUT2D eigenvalue weighted by Crippen LogP contribution is 2.00. The highest BCUT2D eigenvalue weighted by Gasteiger charge is 2.18. The monoisotopic (exact) mass is 294 g/mol. The van der Waals surface area contributed by atoms with Gasteiger partial charge in [-0.2, -0.15) is 0 Å². The molecule has 0 saturated carbocycles. The Morgan fingerprint density at radius 1 is 1.33 bits per heavy atom. The largest absolute Gasteiger partial charge is 0.445 e. The standard InChI is InChI=1S/C14H22N4O3/c1-2-8-18(16)13(19)12(15)9-17-14(20)21-10-11-6-4-3-5-7-11/h3-7,12H,2,8-10,15-16H2,1H3,(H,17,20). The minimum absolute atomic E-state index is 0.0239. The van der Waals surface area contributed by atoms with Gasteiger partial charge in [0, 0.05) is 13.1 Å². The molecule has 1 aromatic rings. The SMILES string of the molecule is CCCN(N)C(=O)C(N)CNC(=O)OCc1ccccc1. The summed E-state index contributed by atoms with van der Waals surface area (Å²) < 4.78 is 5.00. The predicted octanol–water partition coefficient (Wildman–Crippen LogP) is 0.352. The number of nitrogens with zero attached hydrogens (tertiary/aromatic N) is 1. The lowest BCUT2D eigenvalue weighted by Crippen LogP contribution is -2.52. The fraction of sp³-hybridized carbons (Fsp3) is 0.429. The third-order valence-corrected chi connectivity index (χ3v) is 2.74. The molecule has 1 atom stereocenters. The Morgan fingerprint density at radius 2 is 2.00 bits per heavy atom. The number of ether oxygens (including phenoxy) is 1. The van der Waals surface area contributed by atoms with E-state index in [2.05, 4.69) is 5.32 Å². The number of benzene rings is 1. The lowest BCUT2D eigenvalue weighted by Gasteiger charge is -2.20. The van der Waals surface area contributed by atoms with Crippen LogP contribution in [0.25, 0.3) is 0 Å². The molecule has 0 aromatic heterocycles. The first kappa shape index (κ1) is 16.9.